The summed E-state index contributed by atoms with van der Waals surface area (Å²) < 4.78 is 25.0. The van der Waals surface area contributed by atoms with Crippen molar-refractivity contribution in [2.24, 2.45) is 0 Å². The van der Waals surface area contributed by atoms with Gasteiger partial charge in [-0.15, -0.1) is 0 Å². The second-order valence-corrected chi connectivity index (χ2v) is 5.63. The maximum absolute atomic E-state index is 12.0. The summed E-state index contributed by atoms with van der Waals surface area (Å²) in [6.45, 7) is -0.421. The van der Waals surface area contributed by atoms with E-state index in [0.717, 1.165) is 4.31 Å². The van der Waals surface area contributed by atoms with Crippen LogP contribution in [0.4, 0.5) is 11.4 Å². The van der Waals surface area contributed by atoms with Crippen molar-refractivity contribution in [3.8, 4) is 6.07 Å². The number of anilines is 2. The Labute approximate surface area is 106 Å². The number of hydrogen-bond donors (Lipinski definition) is 2. The Morgan fingerprint density at radius 2 is 2.17 bits per heavy atom. The number of nitrogens with zero attached hydrogens (tertiary/aromatic N) is 2. The summed E-state index contributed by atoms with van der Waals surface area (Å²) in [7, 11) is -3.64. The van der Waals surface area contributed by atoms with Crippen molar-refractivity contribution in [3.05, 3.63) is 24.3 Å². The Morgan fingerprint density at radius 3 is 2.72 bits per heavy atom. The van der Waals surface area contributed by atoms with Crippen LogP contribution in [0.15, 0.2) is 24.3 Å². The first-order chi connectivity index (χ1) is 8.51. The maximum atomic E-state index is 12.0. The Morgan fingerprint density at radius 1 is 1.44 bits per heavy atom. The second-order valence-electron chi connectivity index (χ2n) is 3.61. The quantitative estimate of drug-likeness (QED) is 0.723. The van der Waals surface area contributed by atoms with Crippen molar-refractivity contribution in [3.63, 3.8) is 0 Å². The summed E-state index contributed by atoms with van der Waals surface area (Å²) in [5.41, 5.74) is 6.45. The van der Waals surface area contributed by atoms with Gasteiger partial charge in [-0.2, -0.15) is 5.26 Å². The Bertz CT molecular complexity index is 537. The van der Waals surface area contributed by atoms with Crippen molar-refractivity contribution in [2.45, 2.75) is 6.42 Å². The second kappa shape index (κ2) is 6.23. The smallest absolute Gasteiger partial charge is 0.237 e. The zero-order valence-electron chi connectivity index (χ0n) is 9.78. The van der Waals surface area contributed by atoms with Gasteiger partial charge in [-0.1, -0.05) is 6.07 Å². The number of hydrogen-bond acceptors (Lipinski definition) is 5. The third kappa shape index (κ3) is 3.61. The van der Waals surface area contributed by atoms with Crippen LogP contribution in [-0.4, -0.2) is 32.4 Å². The Balaban J connectivity index is 3.10. The molecule has 0 saturated carbocycles. The van der Waals surface area contributed by atoms with Gasteiger partial charge >= 0.3 is 0 Å². The lowest BCUT2D eigenvalue weighted by Gasteiger charge is -2.23. The molecule has 3 N–H and O–H groups in total. The molecule has 1 aromatic rings. The molecule has 0 aromatic heterocycles. The van der Waals surface area contributed by atoms with Crippen molar-refractivity contribution < 1.29 is 13.5 Å². The number of rotatable bonds is 6. The molecule has 0 amide bonds. The highest BCUT2D eigenvalue weighted by Gasteiger charge is 2.21. The van der Waals surface area contributed by atoms with E-state index < -0.39 is 16.6 Å². The molecule has 1 rings (SSSR count). The molecule has 7 heteroatoms. The molecule has 0 heterocycles. The van der Waals surface area contributed by atoms with E-state index in [9.17, 15) is 8.42 Å². The molecule has 0 spiro atoms. The average molecular weight is 269 g/mol. The molecule has 0 aliphatic heterocycles. The van der Waals surface area contributed by atoms with Gasteiger partial charge < -0.3 is 10.8 Å². The van der Waals surface area contributed by atoms with Crippen LogP contribution in [0, 0.1) is 11.3 Å². The van der Waals surface area contributed by atoms with Crippen LogP contribution in [0.5, 0.6) is 0 Å². The molecule has 1 aromatic carbocycles. The number of nitrogens with two attached hydrogens (primary N) is 1. The zero-order valence-corrected chi connectivity index (χ0v) is 10.6. The standard InChI is InChI=1S/C11H15N3O3S/c12-5-2-6-14(18(16,17)8-7-15)11-4-1-3-10(13)9-11/h1,3-4,9,15H,2,6-8,13H2. The summed E-state index contributed by atoms with van der Waals surface area (Å²) in [5, 5.41) is 17.3. The SMILES string of the molecule is N#CCCN(c1cccc(N)c1)S(=O)(=O)CCO. The Hall–Kier alpha value is -1.78. The van der Waals surface area contributed by atoms with Crippen LogP contribution in [-0.2, 0) is 10.0 Å². The van der Waals surface area contributed by atoms with Gasteiger partial charge in [-0.25, -0.2) is 8.42 Å². The molecule has 0 fully saturated rings. The maximum Gasteiger partial charge on any atom is 0.237 e. The lowest BCUT2D eigenvalue weighted by Crippen LogP contribution is -2.34. The van der Waals surface area contributed by atoms with E-state index in [0.29, 0.717) is 11.4 Å². The topological polar surface area (TPSA) is 107 Å². The lowest BCUT2D eigenvalue weighted by atomic mass is 10.3. The molecular formula is C11H15N3O3S. The van der Waals surface area contributed by atoms with Crippen LogP contribution in [0.25, 0.3) is 0 Å². The first kappa shape index (κ1) is 14.3. The van der Waals surface area contributed by atoms with Crippen LogP contribution < -0.4 is 10.0 Å². The van der Waals surface area contributed by atoms with Gasteiger partial charge in [0.15, 0.2) is 0 Å². The monoisotopic (exact) mass is 269 g/mol. The summed E-state index contributed by atoms with van der Waals surface area (Å²) in [4.78, 5) is 0. The normalized spacial score (nSPS) is 10.9. The van der Waals surface area contributed by atoms with E-state index in [4.69, 9.17) is 16.1 Å². The largest absolute Gasteiger partial charge is 0.399 e. The number of sulfonamides is 1. The van der Waals surface area contributed by atoms with Gasteiger partial charge in [0.1, 0.15) is 0 Å². The van der Waals surface area contributed by atoms with E-state index in [1.54, 1.807) is 18.2 Å². The summed E-state index contributed by atoms with van der Waals surface area (Å²) in [6, 6.07) is 8.30. The minimum Gasteiger partial charge on any atom is -0.399 e. The molecule has 6 nitrogen and oxygen atoms in total. The zero-order chi connectivity index (χ0) is 13.6. The fourth-order valence-electron chi connectivity index (χ4n) is 1.49. The number of aliphatic hydroxyl groups is 1. The fourth-order valence-corrected chi connectivity index (χ4v) is 2.74. The predicted octanol–water partition coefficient (Wildman–Crippen LogP) is 0.311. The van der Waals surface area contributed by atoms with Crippen LogP contribution in [0.2, 0.25) is 0 Å². The fraction of sp³-hybridized carbons (Fsp3) is 0.364. The van der Waals surface area contributed by atoms with E-state index in [1.165, 1.54) is 6.07 Å². The molecule has 0 aliphatic rings. The van der Waals surface area contributed by atoms with Gasteiger partial charge in [0.05, 0.1) is 30.5 Å². The summed E-state index contributed by atoms with van der Waals surface area (Å²) in [6.07, 6.45) is 0.0689. The highest BCUT2D eigenvalue weighted by molar-refractivity contribution is 7.92. The minimum absolute atomic E-state index is 0.0439. The summed E-state index contributed by atoms with van der Waals surface area (Å²) in [5.74, 6) is -0.382. The lowest BCUT2D eigenvalue weighted by molar-refractivity contribution is 0.319. The molecule has 0 bridgehead atoms. The first-order valence-corrected chi connectivity index (χ1v) is 6.96. The molecule has 18 heavy (non-hydrogen) atoms. The van der Waals surface area contributed by atoms with Crippen molar-refractivity contribution in [2.75, 3.05) is 28.9 Å². The Kier molecular flexibility index (Phi) is 4.95. The van der Waals surface area contributed by atoms with E-state index in [2.05, 4.69) is 0 Å². The molecule has 0 atom stereocenters. The first-order valence-electron chi connectivity index (χ1n) is 5.35. The number of nitrogen functional groups attached to an aromatic ring is 1. The predicted molar refractivity (Wildman–Crippen MR) is 69.3 cm³/mol. The highest BCUT2D eigenvalue weighted by Crippen LogP contribution is 2.21. The van der Waals surface area contributed by atoms with Crippen LogP contribution in [0.1, 0.15) is 6.42 Å². The molecule has 98 valence electrons. The molecule has 0 unspecified atom stereocenters. The van der Waals surface area contributed by atoms with Crippen LogP contribution >= 0.6 is 0 Å². The van der Waals surface area contributed by atoms with Crippen molar-refractivity contribution >= 4 is 21.4 Å². The third-order valence-electron chi connectivity index (χ3n) is 2.27. The van der Waals surface area contributed by atoms with Gasteiger partial charge in [0.2, 0.25) is 10.0 Å². The number of benzene rings is 1. The molecular weight excluding hydrogens is 254 g/mol. The molecule has 0 aliphatic carbocycles. The van der Waals surface area contributed by atoms with Crippen LogP contribution in [0.3, 0.4) is 0 Å². The van der Waals surface area contributed by atoms with Gasteiger partial charge in [-0.05, 0) is 18.2 Å². The van der Waals surface area contributed by atoms with E-state index in [-0.39, 0.29) is 18.7 Å². The van der Waals surface area contributed by atoms with E-state index in [1.807, 2.05) is 6.07 Å². The average Bonchev–Trinajstić information content (AvgIpc) is 2.29. The van der Waals surface area contributed by atoms with Gasteiger partial charge in [-0.3, -0.25) is 4.31 Å². The highest BCUT2D eigenvalue weighted by atomic mass is 32.2. The van der Waals surface area contributed by atoms with Crippen molar-refractivity contribution in [1.82, 2.24) is 0 Å². The third-order valence-corrected chi connectivity index (χ3v) is 4.03. The molecule has 0 radical (unpaired) electrons. The number of aliphatic hydroxyl groups excluding tert-OH is 1. The number of nitriles is 1. The summed E-state index contributed by atoms with van der Waals surface area (Å²) >= 11 is 0. The molecule has 0 saturated heterocycles. The van der Waals surface area contributed by atoms with Crippen molar-refractivity contribution in [1.29, 1.82) is 5.26 Å². The minimum atomic E-state index is -3.64. The van der Waals surface area contributed by atoms with E-state index >= 15 is 0 Å². The van der Waals surface area contributed by atoms with Gasteiger partial charge in [0.25, 0.3) is 0 Å². The van der Waals surface area contributed by atoms with Gasteiger partial charge in [0, 0.05) is 12.2 Å².